The van der Waals surface area contributed by atoms with Crippen molar-refractivity contribution in [2.24, 2.45) is 12.0 Å². The van der Waals surface area contributed by atoms with Crippen LogP contribution in [0.4, 0.5) is 0 Å². The van der Waals surface area contributed by atoms with Gasteiger partial charge in [0.05, 0.1) is 0 Å². The Morgan fingerprint density at radius 3 is 2.88 bits per heavy atom. The van der Waals surface area contributed by atoms with Crippen molar-refractivity contribution in [1.82, 2.24) is 25.4 Å². The summed E-state index contributed by atoms with van der Waals surface area (Å²) in [6, 6.07) is 0. The van der Waals surface area contributed by atoms with Gasteiger partial charge in [-0.3, -0.25) is 4.68 Å². The number of guanidine groups is 1. The second kappa shape index (κ2) is 8.97. The number of aryl methyl sites for hydroxylation is 1. The van der Waals surface area contributed by atoms with Crippen LogP contribution in [-0.2, 0) is 13.6 Å². The molecule has 0 atom stereocenters. The molecule has 0 saturated carbocycles. The van der Waals surface area contributed by atoms with Gasteiger partial charge in [-0.1, -0.05) is 6.08 Å². The van der Waals surface area contributed by atoms with Gasteiger partial charge in [-0.15, -0.1) is 30.6 Å². The van der Waals surface area contributed by atoms with E-state index in [2.05, 4.69) is 32.3 Å². The monoisotopic (exact) mass is 350 g/mol. The molecule has 0 fully saturated rings. The molecule has 0 saturated heterocycles. The van der Waals surface area contributed by atoms with E-state index in [0.29, 0.717) is 13.1 Å². The van der Waals surface area contributed by atoms with Crippen molar-refractivity contribution in [3.63, 3.8) is 0 Å². The van der Waals surface area contributed by atoms with Crippen LogP contribution in [0, 0.1) is 0 Å². The fourth-order valence-electron chi connectivity index (χ4n) is 1.12. The largest absolute Gasteiger partial charge is 0.357 e. The van der Waals surface area contributed by atoms with Crippen molar-refractivity contribution < 1.29 is 0 Å². The summed E-state index contributed by atoms with van der Waals surface area (Å²) < 4.78 is 1.71. The predicted octanol–water partition coefficient (Wildman–Crippen LogP) is 0.674. The second-order valence-corrected chi connectivity index (χ2v) is 3.16. The van der Waals surface area contributed by atoms with Crippen LogP contribution in [0.5, 0.6) is 0 Å². The minimum absolute atomic E-state index is 0. The van der Waals surface area contributed by atoms with E-state index in [0.717, 1.165) is 18.3 Å². The van der Waals surface area contributed by atoms with Crippen molar-refractivity contribution in [2.45, 2.75) is 13.5 Å². The SMILES string of the molecule is C=CCNC(=NCc1ncnn1C)NCC.I. The summed E-state index contributed by atoms with van der Waals surface area (Å²) in [6.45, 7) is 7.68. The van der Waals surface area contributed by atoms with Gasteiger partial charge in [-0.05, 0) is 6.92 Å². The Morgan fingerprint density at radius 2 is 2.35 bits per heavy atom. The van der Waals surface area contributed by atoms with Gasteiger partial charge in [0.15, 0.2) is 5.96 Å². The van der Waals surface area contributed by atoms with Gasteiger partial charge < -0.3 is 10.6 Å². The molecule has 0 amide bonds. The summed E-state index contributed by atoms with van der Waals surface area (Å²) in [7, 11) is 1.85. The fraction of sp³-hybridized carbons (Fsp3) is 0.500. The molecule has 0 radical (unpaired) electrons. The normalized spacial score (nSPS) is 10.6. The third-order valence-electron chi connectivity index (χ3n) is 1.94. The molecular weight excluding hydrogens is 331 g/mol. The van der Waals surface area contributed by atoms with Crippen molar-refractivity contribution in [3.05, 3.63) is 24.8 Å². The Morgan fingerprint density at radius 1 is 1.59 bits per heavy atom. The number of aliphatic imine (C=N–C) groups is 1. The van der Waals surface area contributed by atoms with Crippen molar-refractivity contribution in [1.29, 1.82) is 0 Å². The van der Waals surface area contributed by atoms with Crippen LogP contribution in [-0.4, -0.2) is 33.8 Å². The molecule has 0 unspecified atom stereocenters. The molecule has 0 aliphatic heterocycles. The number of nitrogens with one attached hydrogen (secondary N) is 2. The maximum Gasteiger partial charge on any atom is 0.191 e. The maximum absolute atomic E-state index is 4.38. The number of hydrogen-bond donors (Lipinski definition) is 2. The number of rotatable bonds is 5. The molecule has 1 rings (SSSR count). The van der Waals surface area contributed by atoms with Gasteiger partial charge in [0.1, 0.15) is 18.7 Å². The third-order valence-corrected chi connectivity index (χ3v) is 1.94. The van der Waals surface area contributed by atoms with E-state index in [1.807, 2.05) is 14.0 Å². The molecular formula is C10H19IN6. The molecule has 1 aromatic heterocycles. The molecule has 0 aliphatic carbocycles. The molecule has 0 aliphatic rings. The average Bonchev–Trinajstić information content (AvgIpc) is 2.68. The quantitative estimate of drug-likeness (QED) is 0.355. The highest BCUT2D eigenvalue weighted by molar-refractivity contribution is 14.0. The fourth-order valence-corrected chi connectivity index (χ4v) is 1.12. The van der Waals surface area contributed by atoms with E-state index in [1.54, 1.807) is 10.8 Å². The van der Waals surface area contributed by atoms with E-state index < -0.39 is 0 Å². The minimum atomic E-state index is 0. The van der Waals surface area contributed by atoms with E-state index in [4.69, 9.17) is 0 Å². The van der Waals surface area contributed by atoms with Crippen LogP contribution in [0.15, 0.2) is 24.0 Å². The Labute approximate surface area is 119 Å². The number of nitrogens with zero attached hydrogens (tertiary/aromatic N) is 4. The predicted molar refractivity (Wildman–Crippen MR) is 79.4 cm³/mol. The van der Waals surface area contributed by atoms with Gasteiger partial charge in [0, 0.05) is 20.1 Å². The molecule has 7 heteroatoms. The summed E-state index contributed by atoms with van der Waals surface area (Å²) in [5, 5.41) is 10.2. The maximum atomic E-state index is 4.38. The first kappa shape index (κ1) is 15.9. The molecule has 1 aromatic rings. The third kappa shape index (κ3) is 5.66. The zero-order valence-corrected chi connectivity index (χ0v) is 12.5. The second-order valence-electron chi connectivity index (χ2n) is 3.16. The van der Waals surface area contributed by atoms with Crippen molar-refractivity contribution in [3.8, 4) is 0 Å². The highest BCUT2D eigenvalue weighted by Crippen LogP contribution is 1.92. The lowest BCUT2D eigenvalue weighted by Gasteiger charge is -2.08. The van der Waals surface area contributed by atoms with Crippen LogP contribution in [0.25, 0.3) is 0 Å². The van der Waals surface area contributed by atoms with E-state index in [9.17, 15) is 0 Å². The van der Waals surface area contributed by atoms with Crippen molar-refractivity contribution in [2.75, 3.05) is 13.1 Å². The topological polar surface area (TPSA) is 67.1 Å². The van der Waals surface area contributed by atoms with Crippen LogP contribution < -0.4 is 10.6 Å². The highest BCUT2D eigenvalue weighted by atomic mass is 127. The minimum Gasteiger partial charge on any atom is -0.357 e. The number of hydrogen-bond acceptors (Lipinski definition) is 3. The highest BCUT2D eigenvalue weighted by Gasteiger charge is 2.00. The lowest BCUT2D eigenvalue weighted by atomic mass is 10.6. The number of halogens is 1. The Kier molecular flexibility index (Phi) is 8.38. The standard InChI is InChI=1S/C10H18N6.HI/c1-4-6-12-10(11-5-2)13-7-9-14-8-15-16(9)3;/h4,8H,1,5-7H2,2-3H3,(H2,11,12,13);1H. The first-order valence-corrected chi connectivity index (χ1v) is 5.23. The van der Waals surface area contributed by atoms with E-state index >= 15 is 0 Å². The van der Waals surface area contributed by atoms with Gasteiger partial charge in [-0.2, -0.15) is 5.10 Å². The first-order chi connectivity index (χ1) is 7.77. The van der Waals surface area contributed by atoms with Crippen molar-refractivity contribution >= 4 is 29.9 Å². The zero-order valence-electron chi connectivity index (χ0n) is 10.2. The van der Waals surface area contributed by atoms with Gasteiger partial charge in [0.25, 0.3) is 0 Å². The summed E-state index contributed by atoms with van der Waals surface area (Å²) in [6.07, 6.45) is 3.31. The van der Waals surface area contributed by atoms with E-state index in [-0.39, 0.29) is 24.0 Å². The van der Waals surface area contributed by atoms with Crippen LogP contribution in [0.2, 0.25) is 0 Å². The molecule has 0 aromatic carbocycles. The van der Waals surface area contributed by atoms with Gasteiger partial charge >= 0.3 is 0 Å². The molecule has 6 nitrogen and oxygen atoms in total. The van der Waals surface area contributed by atoms with Crippen LogP contribution in [0.3, 0.4) is 0 Å². The summed E-state index contributed by atoms with van der Waals surface area (Å²) in [5.41, 5.74) is 0. The van der Waals surface area contributed by atoms with Gasteiger partial charge in [-0.25, -0.2) is 9.98 Å². The summed E-state index contributed by atoms with van der Waals surface area (Å²) in [4.78, 5) is 8.47. The molecule has 1 heterocycles. The zero-order chi connectivity index (χ0) is 11.8. The number of aromatic nitrogens is 3. The van der Waals surface area contributed by atoms with Gasteiger partial charge in [0.2, 0.25) is 0 Å². The Balaban J connectivity index is 0.00000256. The Bertz CT molecular complexity index is 359. The molecule has 0 spiro atoms. The van der Waals surface area contributed by atoms with Crippen LogP contribution >= 0.6 is 24.0 Å². The Hall–Kier alpha value is -1.12. The van der Waals surface area contributed by atoms with Crippen LogP contribution in [0.1, 0.15) is 12.7 Å². The lowest BCUT2D eigenvalue weighted by molar-refractivity contribution is 0.699. The smallest absolute Gasteiger partial charge is 0.191 e. The molecule has 17 heavy (non-hydrogen) atoms. The summed E-state index contributed by atoms with van der Waals surface area (Å²) in [5.74, 6) is 1.58. The molecule has 96 valence electrons. The molecule has 2 N–H and O–H groups in total. The average molecular weight is 350 g/mol. The lowest BCUT2D eigenvalue weighted by Crippen LogP contribution is -2.37. The molecule has 0 bridgehead atoms. The summed E-state index contributed by atoms with van der Waals surface area (Å²) >= 11 is 0. The first-order valence-electron chi connectivity index (χ1n) is 5.23. The van der Waals surface area contributed by atoms with E-state index in [1.165, 1.54) is 6.33 Å².